The highest BCUT2D eigenvalue weighted by Crippen LogP contribution is 2.51. The van der Waals surface area contributed by atoms with E-state index in [4.69, 9.17) is 33.2 Å². The monoisotopic (exact) mass is 446 g/mol. The summed E-state index contributed by atoms with van der Waals surface area (Å²) in [6.45, 7) is 5.74. The summed E-state index contributed by atoms with van der Waals surface area (Å²) in [6.07, 6.45) is -5.67. The van der Waals surface area contributed by atoms with Crippen molar-refractivity contribution in [3.05, 3.63) is 0 Å². The van der Waals surface area contributed by atoms with Crippen LogP contribution in [-0.4, -0.2) is 79.9 Å². The van der Waals surface area contributed by atoms with Crippen LogP contribution in [0, 0.1) is 5.92 Å². The molecular formula is C19H26O12. The lowest BCUT2D eigenvalue weighted by Crippen LogP contribution is -2.59. The van der Waals surface area contributed by atoms with Crippen LogP contribution in [0.15, 0.2) is 0 Å². The summed E-state index contributed by atoms with van der Waals surface area (Å²) in [6, 6.07) is 0. The first-order valence-electron chi connectivity index (χ1n) is 9.52. The predicted molar refractivity (Wildman–Crippen MR) is 97.0 cm³/mol. The van der Waals surface area contributed by atoms with Crippen molar-refractivity contribution in [2.75, 3.05) is 13.7 Å². The molecule has 0 spiro atoms. The first-order valence-corrected chi connectivity index (χ1v) is 9.52. The van der Waals surface area contributed by atoms with Crippen LogP contribution in [0.25, 0.3) is 0 Å². The second kappa shape index (κ2) is 9.60. The Kier molecular flexibility index (Phi) is 7.60. The van der Waals surface area contributed by atoms with Gasteiger partial charge in [0.25, 0.3) is 0 Å². The Morgan fingerprint density at radius 3 is 2.00 bits per heavy atom. The molecule has 0 aromatic carbocycles. The summed E-state index contributed by atoms with van der Waals surface area (Å²) >= 11 is 0. The zero-order valence-corrected chi connectivity index (χ0v) is 18.1. The van der Waals surface area contributed by atoms with Crippen LogP contribution >= 0.6 is 0 Å². The van der Waals surface area contributed by atoms with Gasteiger partial charge in [-0.3, -0.25) is 19.2 Å². The van der Waals surface area contributed by atoms with Crippen LogP contribution in [-0.2, 0) is 57.1 Å². The lowest BCUT2D eigenvalue weighted by Gasteiger charge is -2.40. The molecule has 0 aromatic heterocycles. The minimum absolute atomic E-state index is 0.451. The van der Waals surface area contributed by atoms with Gasteiger partial charge in [-0.2, -0.15) is 0 Å². The molecule has 2 rings (SSSR count). The highest BCUT2D eigenvalue weighted by Gasteiger charge is 2.76. The predicted octanol–water partition coefficient (Wildman–Crippen LogP) is -0.352. The van der Waals surface area contributed by atoms with E-state index in [1.54, 1.807) is 6.92 Å². The first kappa shape index (κ1) is 24.5. The lowest BCUT2D eigenvalue weighted by atomic mass is 9.85. The smallest absolute Gasteiger partial charge is 0.369 e. The second-order valence-electron chi connectivity index (χ2n) is 7.24. The van der Waals surface area contributed by atoms with Crippen molar-refractivity contribution in [1.29, 1.82) is 0 Å². The van der Waals surface area contributed by atoms with E-state index in [0.717, 1.165) is 27.9 Å². The molecule has 0 radical (unpaired) electrons. The zero-order valence-electron chi connectivity index (χ0n) is 18.1. The van der Waals surface area contributed by atoms with Gasteiger partial charge in [-0.1, -0.05) is 6.92 Å². The number of fused-ring (bicyclic) bond motifs is 1. The summed E-state index contributed by atoms with van der Waals surface area (Å²) in [5, 5.41) is 0. The van der Waals surface area contributed by atoms with Crippen LogP contribution in [0.4, 0.5) is 0 Å². The van der Waals surface area contributed by atoms with Gasteiger partial charge in [0.15, 0.2) is 18.3 Å². The number of hydrogen-bond acceptors (Lipinski definition) is 12. The third kappa shape index (κ3) is 5.50. The highest BCUT2D eigenvalue weighted by molar-refractivity contribution is 5.82. The Morgan fingerprint density at radius 2 is 1.52 bits per heavy atom. The SMILES string of the molecule is COC(=O)[C@@]12O[C@@H]([C@H](OC(C)=O)[C@@H](COC(C)=O)OC(C)=O)[C@H](C)[C@@H](OC(C)=O)[C@@H]1O2. The summed E-state index contributed by atoms with van der Waals surface area (Å²) in [4.78, 5) is 58.7. The first-order chi connectivity index (χ1) is 14.4. The molecule has 0 aromatic rings. The van der Waals surface area contributed by atoms with Crippen LogP contribution < -0.4 is 0 Å². The molecule has 7 atom stereocenters. The molecule has 2 saturated heterocycles. The average molecular weight is 446 g/mol. The van der Waals surface area contributed by atoms with Crippen LogP contribution in [0.3, 0.4) is 0 Å². The Labute approximate surface area is 178 Å². The van der Waals surface area contributed by atoms with Crippen molar-refractivity contribution in [2.24, 2.45) is 5.92 Å². The van der Waals surface area contributed by atoms with Crippen molar-refractivity contribution < 1.29 is 57.1 Å². The van der Waals surface area contributed by atoms with E-state index in [1.165, 1.54) is 6.92 Å². The largest absolute Gasteiger partial charge is 0.465 e. The quantitative estimate of drug-likeness (QED) is 0.272. The molecule has 12 nitrogen and oxygen atoms in total. The van der Waals surface area contributed by atoms with Gasteiger partial charge in [0.2, 0.25) is 0 Å². The van der Waals surface area contributed by atoms with Crippen molar-refractivity contribution in [3.8, 4) is 0 Å². The van der Waals surface area contributed by atoms with Gasteiger partial charge in [-0.25, -0.2) is 4.79 Å². The molecule has 0 bridgehead atoms. The summed E-state index contributed by atoms with van der Waals surface area (Å²) in [5.74, 6) is -6.23. The summed E-state index contributed by atoms with van der Waals surface area (Å²) in [5.41, 5.74) is 0. The summed E-state index contributed by atoms with van der Waals surface area (Å²) in [7, 11) is 1.12. The van der Waals surface area contributed by atoms with Gasteiger partial charge in [0.05, 0.1) is 7.11 Å². The average Bonchev–Trinajstić information content (AvgIpc) is 3.40. The standard InChI is InChI=1S/C19H26O12/c1-8-14(16(29-12(5)23)13(27-10(3)21)7-26-9(2)20)30-19(18(24)25-6)17(31-19)15(8)28-11(4)22/h8,13-17H,7H2,1-6H3/t8-,13+,14+,15+,16+,17-,19+/m0/s1. The minimum atomic E-state index is -1.88. The molecule has 31 heavy (non-hydrogen) atoms. The Hall–Kier alpha value is -2.73. The second-order valence-corrected chi connectivity index (χ2v) is 7.24. The number of carbonyl (C=O) groups excluding carboxylic acids is 5. The van der Waals surface area contributed by atoms with Crippen molar-refractivity contribution in [1.82, 2.24) is 0 Å². The van der Waals surface area contributed by atoms with E-state index in [1.807, 2.05) is 0 Å². The third-order valence-corrected chi connectivity index (χ3v) is 4.80. The topological polar surface area (TPSA) is 153 Å². The van der Waals surface area contributed by atoms with Crippen LogP contribution in [0.5, 0.6) is 0 Å². The molecule has 2 fully saturated rings. The van der Waals surface area contributed by atoms with Crippen molar-refractivity contribution in [3.63, 3.8) is 0 Å². The number of carbonyl (C=O) groups is 5. The van der Waals surface area contributed by atoms with E-state index in [9.17, 15) is 24.0 Å². The molecule has 174 valence electrons. The van der Waals surface area contributed by atoms with Gasteiger partial charge < -0.3 is 33.2 Å². The van der Waals surface area contributed by atoms with Crippen LogP contribution in [0.1, 0.15) is 34.6 Å². The zero-order chi connectivity index (χ0) is 23.5. The Bertz CT molecular complexity index is 748. The van der Waals surface area contributed by atoms with Gasteiger partial charge in [0, 0.05) is 33.6 Å². The molecule has 2 heterocycles. The lowest BCUT2D eigenvalue weighted by molar-refractivity contribution is -0.228. The van der Waals surface area contributed by atoms with Crippen molar-refractivity contribution >= 4 is 29.8 Å². The maximum Gasteiger partial charge on any atom is 0.369 e. The van der Waals surface area contributed by atoms with E-state index >= 15 is 0 Å². The molecule has 0 amide bonds. The van der Waals surface area contributed by atoms with Gasteiger partial charge in [0.1, 0.15) is 18.8 Å². The maximum absolute atomic E-state index is 12.3. The highest BCUT2D eigenvalue weighted by atomic mass is 16.8. The van der Waals surface area contributed by atoms with E-state index in [0.29, 0.717) is 0 Å². The Balaban J connectivity index is 2.44. The van der Waals surface area contributed by atoms with Gasteiger partial charge in [-0.15, -0.1) is 0 Å². The van der Waals surface area contributed by atoms with Crippen molar-refractivity contribution in [2.45, 2.75) is 70.9 Å². The molecule has 2 aliphatic rings. The number of ether oxygens (including phenoxy) is 7. The number of rotatable bonds is 8. The van der Waals surface area contributed by atoms with Gasteiger partial charge >= 0.3 is 35.6 Å². The van der Waals surface area contributed by atoms with E-state index in [-0.39, 0.29) is 0 Å². The molecule has 2 aliphatic heterocycles. The normalized spacial score (nSPS) is 30.6. The minimum Gasteiger partial charge on any atom is -0.465 e. The molecule has 0 aliphatic carbocycles. The number of methoxy groups -OCH3 is 1. The number of epoxide rings is 1. The third-order valence-electron chi connectivity index (χ3n) is 4.80. The fourth-order valence-corrected chi connectivity index (χ4v) is 3.54. The number of esters is 5. The molecular weight excluding hydrogens is 420 g/mol. The molecule has 12 heteroatoms. The molecule has 0 saturated carbocycles. The molecule has 0 N–H and O–H groups in total. The summed E-state index contributed by atoms with van der Waals surface area (Å²) < 4.78 is 36.9. The molecule has 0 unspecified atom stereocenters. The van der Waals surface area contributed by atoms with E-state index in [2.05, 4.69) is 0 Å². The number of hydrogen-bond donors (Lipinski definition) is 0. The maximum atomic E-state index is 12.3. The fraction of sp³-hybridized carbons (Fsp3) is 0.737. The van der Waals surface area contributed by atoms with Gasteiger partial charge in [-0.05, 0) is 0 Å². The van der Waals surface area contributed by atoms with E-state index < -0.39 is 78.7 Å². The Morgan fingerprint density at radius 1 is 0.903 bits per heavy atom. The fourth-order valence-electron chi connectivity index (χ4n) is 3.54. The van der Waals surface area contributed by atoms with Crippen LogP contribution in [0.2, 0.25) is 0 Å².